The molecule has 0 aromatic rings. The van der Waals surface area contributed by atoms with Crippen molar-refractivity contribution in [2.45, 2.75) is 72.8 Å². The Morgan fingerprint density at radius 1 is 1.35 bits per heavy atom. The van der Waals surface area contributed by atoms with Gasteiger partial charge >= 0.3 is 0 Å². The predicted octanol–water partition coefficient (Wildman–Crippen LogP) is 4.54. The van der Waals surface area contributed by atoms with E-state index in [0.717, 1.165) is 12.5 Å². The number of allylic oxidation sites excluding steroid dienone is 1. The molecule has 0 amide bonds. The van der Waals surface area contributed by atoms with Crippen molar-refractivity contribution in [3.05, 3.63) is 11.6 Å². The van der Waals surface area contributed by atoms with Crippen LogP contribution in [0.2, 0.25) is 0 Å². The first kappa shape index (κ1) is 14.8. The van der Waals surface area contributed by atoms with E-state index in [-0.39, 0.29) is 0 Å². The molecule has 1 N–H and O–H groups in total. The first-order chi connectivity index (χ1) is 7.97. The van der Waals surface area contributed by atoms with E-state index < -0.39 is 0 Å². The smallest absolute Gasteiger partial charge is 0.0285 e. The van der Waals surface area contributed by atoms with Gasteiger partial charge in [-0.3, -0.25) is 0 Å². The second kappa shape index (κ2) is 6.58. The molecule has 1 fully saturated rings. The van der Waals surface area contributed by atoms with Crippen LogP contribution in [-0.2, 0) is 0 Å². The highest BCUT2D eigenvalue weighted by Gasteiger charge is 2.36. The fraction of sp³-hybridized carbons (Fsp3) is 0.875. The van der Waals surface area contributed by atoms with Crippen LogP contribution < -0.4 is 5.32 Å². The summed E-state index contributed by atoms with van der Waals surface area (Å²) in [5.41, 5.74) is 1.94. The van der Waals surface area contributed by atoms with Crippen LogP contribution in [0, 0.1) is 11.3 Å². The van der Waals surface area contributed by atoms with Crippen molar-refractivity contribution >= 4 is 0 Å². The SMILES string of the molecule is CCCNC(C=C(C)C)C1CCCCC1(C)C. The highest BCUT2D eigenvalue weighted by molar-refractivity contribution is 5.06. The van der Waals surface area contributed by atoms with E-state index in [0.29, 0.717) is 11.5 Å². The minimum absolute atomic E-state index is 0.496. The highest BCUT2D eigenvalue weighted by atomic mass is 14.9. The second-order valence-electron chi connectivity index (χ2n) is 6.56. The van der Waals surface area contributed by atoms with Crippen LogP contribution in [-0.4, -0.2) is 12.6 Å². The maximum absolute atomic E-state index is 3.75. The van der Waals surface area contributed by atoms with Crippen LogP contribution in [0.4, 0.5) is 0 Å². The molecular formula is C16H31N. The van der Waals surface area contributed by atoms with Crippen LogP contribution >= 0.6 is 0 Å². The van der Waals surface area contributed by atoms with E-state index in [1.807, 2.05) is 0 Å². The summed E-state index contributed by atoms with van der Waals surface area (Å²) >= 11 is 0. The van der Waals surface area contributed by atoms with E-state index in [9.17, 15) is 0 Å². The number of nitrogens with one attached hydrogen (secondary N) is 1. The van der Waals surface area contributed by atoms with Gasteiger partial charge in [-0.25, -0.2) is 0 Å². The third kappa shape index (κ3) is 4.46. The molecule has 0 heterocycles. The maximum Gasteiger partial charge on any atom is 0.0285 e. The van der Waals surface area contributed by atoms with Gasteiger partial charge in [0.2, 0.25) is 0 Å². The summed E-state index contributed by atoms with van der Waals surface area (Å²) in [6.45, 7) is 12.7. The summed E-state index contributed by atoms with van der Waals surface area (Å²) in [7, 11) is 0. The van der Waals surface area contributed by atoms with Gasteiger partial charge in [-0.1, -0.05) is 45.3 Å². The number of rotatable bonds is 5. The lowest BCUT2D eigenvalue weighted by Gasteiger charge is -2.43. The molecule has 0 saturated heterocycles. The van der Waals surface area contributed by atoms with Crippen LogP contribution in [0.3, 0.4) is 0 Å². The molecule has 0 radical (unpaired) electrons. The van der Waals surface area contributed by atoms with Crippen molar-refractivity contribution in [2.24, 2.45) is 11.3 Å². The molecule has 17 heavy (non-hydrogen) atoms. The lowest BCUT2D eigenvalue weighted by molar-refractivity contribution is 0.114. The Bertz CT molecular complexity index is 248. The average molecular weight is 237 g/mol. The highest BCUT2D eigenvalue weighted by Crippen LogP contribution is 2.42. The molecule has 1 aliphatic rings. The molecule has 1 aliphatic carbocycles. The van der Waals surface area contributed by atoms with Gasteiger partial charge in [0.25, 0.3) is 0 Å². The lowest BCUT2D eigenvalue weighted by atomic mass is 9.65. The summed E-state index contributed by atoms with van der Waals surface area (Å²) in [6.07, 6.45) is 9.28. The fourth-order valence-electron chi connectivity index (χ4n) is 3.17. The fourth-order valence-corrected chi connectivity index (χ4v) is 3.17. The summed E-state index contributed by atoms with van der Waals surface area (Å²) in [6, 6.07) is 0.579. The first-order valence-corrected chi connectivity index (χ1v) is 7.36. The Labute approximate surface area is 108 Å². The quantitative estimate of drug-likeness (QED) is 0.692. The van der Waals surface area contributed by atoms with E-state index >= 15 is 0 Å². The molecule has 0 bridgehead atoms. The third-order valence-corrected chi connectivity index (χ3v) is 4.17. The zero-order valence-electron chi connectivity index (χ0n) is 12.5. The first-order valence-electron chi connectivity index (χ1n) is 7.36. The molecule has 1 rings (SSSR count). The van der Waals surface area contributed by atoms with Gasteiger partial charge in [0.05, 0.1) is 0 Å². The zero-order chi connectivity index (χ0) is 12.9. The number of hydrogen-bond acceptors (Lipinski definition) is 1. The summed E-state index contributed by atoms with van der Waals surface area (Å²) in [5, 5.41) is 3.75. The Hall–Kier alpha value is -0.300. The van der Waals surface area contributed by atoms with E-state index in [1.54, 1.807) is 0 Å². The molecule has 0 aromatic heterocycles. The van der Waals surface area contributed by atoms with E-state index in [1.165, 1.54) is 37.7 Å². The molecule has 100 valence electrons. The Morgan fingerprint density at radius 3 is 2.59 bits per heavy atom. The van der Waals surface area contributed by atoms with Gasteiger partial charge < -0.3 is 5.32 Å². The van der Waals surface area contributed by atoms with Crippen LogP contribution in [0.1, 0.15) is 66.7 Å². The average Bonchev–Trinajstić information content (AvgIpc) is 2.23. The lowest BCUT2D eigenvalue weighted by Crippen LogP contribution is -2.44. The van der Waals surface area contributed by atoms with Crippen molar-refractivity contribution in [3.63, 3.8) is 0 Å². The molecule has 0 spiro atoms. The predicted molar refractivity (Wildman–Crippen MR) is 77.3 cm³/mol. The van der Waals surface area contributed by atoms with Crippen LogP contribution in [0.25, 0.3) is 0 Å². The monoisotopic (exact) mass is 237 g/mol. The molecule has 1 nitrogen and oxygen atoms in total. The largest absolute Gasteiger partial charge is 0.310 e. The Morgan fingerprint density at radius 2 is 2.06 bits per heavy atom. The van der Waals surface area contributed by atoms with Crippen molar-refractivity contribution in [2.75, 3.05) is 6.54 Å². The van der Waals surface area contributed by atoms with Crippen molar-refractivity contribution in [3.8, 4) is 0 Å². The minimum Gasteiger partial charge on any atom is -0.310 e. The van der Waals surface area contributed by atoms with Gasteiger partial charge in [-0.05, 0) is 51.0 Å². The number of hydrogen-bond donors (Lipinski definition) is 1. The van der Waals surface area contributed by atoms with E-state index in [2.05, 4.69) is 46.0 Å². The topological polar surface area (TPSA) is 12.0 Å². The van der Waals surface area contributed by atoms with Crippen molar-refractivity contribution in [1.82, 2.24) is 5.32 Å². The second-order valence-corrected chi connectivity index (χ2v) is 6.56. The van der Waals surface area contributed by atoms with Crippen LogP contribution in [0.15, 0.2) is 11.6 Å². The molecule has 0 aliphatic heterocycles. The van der Waals surface area contributed by atoms with Crippen molar-refractivity contribution in [1.29, 1.82) is 0 Å². The van der Waals surface area contributed by atoms with E-state index in [4.69, 9.17) is 0 Å². The van der Waals surface area contributed by atoms with Gasteiger partial charge in [-0.2, -0.15) is 0 Å². The molecule has 1 saturated carbocycles. The van der Waals surface area contributed by atoms with Crippen LogP contribution in [0.5, 0.6) is 0 Å². The third-order valence-electron chi connectivity index (χ3n) is 4.17. The molecule has 0 aromatic carbocycles. The van der Waals surface area contributed by atoms with Crippen molar-refractivity contribution < 1.29 is 0 Å². The van der Waals surface area contributed by atoms with Gasteiger partial charge in [0.15, 0.2) is 0 Å². The summed E-state index contributed by atoms with van der Waals surface area (Å²) in [4.78, 5) is 0. The molecule has 2 unspecified atom stereocenters. The Kier molecular flexibility index (Phi) is 5.72. The zero-order valence-corrected chi connectivity index (χ0v) is 12.5. The molecule has 2 atom stereocenters. The Balaban J connectivity index is 2.76. The molecule has 1 heteroatoms. The summed E-state index contributed by atoms with van der Waals surface area (Å²) in [5.74, 6) is 0.803. The van der Waals surface area contributed by atoms with Gasteiger partial charge in [0.1, 0.15) is 0 Å². The standard InChI is InChI=1S/C16H31N/c1-6-11-17-15(12-13(2)3)14-9-7-8-10-16(14,4)5/h12,14-15,17H,6-11H2,1-5H3. The minimum atomic E-state index is 0.496. The van der Waals surface area contributed by atoms with Gasteiger partial charge in [-0.15, -0.1) is 0 Å². The molecular weight excluding hydrogens is 206 g/mol. The normalized spacial score (nSPS) is 25.4. The van der Waals surface area contributed by atoms with Gasteiger partial charge in [0, 0.05) is 6.04 Å². The maximum atomic E-state index is 3.75. The summed E-state index contributed by atoms with van der Waals surface area (Å²) < 4.78 is 0.